The van der Waals surface area contributed by atoms with E-state index in [1.807, 2.05) is 6.92 Å². The Hall–Kier alpha value is -2.10. The zero-order valence-corrected chi connectivity index (χ0v) is 14.1. The van der Waals surface area contributed by atoms with Crippen LogP contribution in [-0.4, -0.2) is 16.1 Å². The molecule has 1 fully saturated rings. The fourth-order valence-electron chi connectivity index (χ4n) is 3.31. The van der Waals surface area contributed by atoms with Gasteiger partial charge in [-0.2, -0.15) is 0 Å². The summed E-state index contributed by atoms with van der Waals surface area (Å²) in [4.78, 5) is 19.5. The number of hydrogen-bond donors (Lipinski definition) is 1. The molecule has 1 aromatic carbocycles. The second kappa shape index (κ2) is 6.57. The lowest BCUT2D eigenvalue weighted by molar-refractivity contribution is 0.191. The fraction of sp³-hybridized carbons (Fsp3) is 0.474. The lowest BCUT2D eigenvalue weighted by Gasteiger charge is -2.13. The van der Waals surface area contributed by atoms with Crippen molar-refractivity contribution < 1.29 is 4.74 Å². The van der Waals surface area contributed by atoms with Crippen molar-refractivity contribution in [2.24, 2.45) is 0 Å². The number of ether oxygens (including phenoxy) is 1. The highest BCUT2D eigenvalue weighted by Gasteiger charge is 2.18. The second-order valence-electron chi connectivity index (χ2n) is 6.64. The number of H-pyrrole nitrogens is 1. The molecule has 0 spiro atoms. The first-order valence-corrected chi connectivity index (χ1v) is 8.35. The molecule has 4 heteroatoms. The van der Waals surface area contributed by atoms with Gasteiger partial charge in [0.15, 0.2) is 0 Å². The van der Waals surface area contributed by atoms with Crippen LogP contribution < -0.4 is 10.3 Å². The molecule has 0 aliphatic heterocycles. The van der Waals surface area contributed by atoms with Gasteiger partial charge < -0.3 is 4.74 Å². The Balaban J connectivity index is 1.88. The van der Waals surface area contributed by atoms with E-state index in [2.05, 4.69) is 42.0 Å². The summed E-state index contributed by atoms with van der Waals surface area (Å²) in [7, 11) is 0. The second-order valence-corrected chi connectivity index (χ2v) is 6.64. The Labute approximate surface area is 136 Å². The number of nitrogens with one attached hydrogen (secondary N) is 1. The lowest BCUT2D eigenvalue weighted by Crippen LogP contribution is -2.20. The number of hydrogen-bond acceptors (Lipinski definition) is 3. The molecule has 0 saturated heterocycles. The van der Waals surface area contributed by atoms with Crippen LogP contribution >= 0.6 is 0 Å². The van der Waals surface area contributed by atoms with E-state index < -0.39 is 0 Å². The average molecular weight is 312 g/mol. The zero-order chi connectivity index (χ0) is 16.4. The summed E-state index contributed by atoms with van der Waals surface area (Å²) in [6.45, 7) is 6.00. The summed E-state index contributed by atoms with van der Waals surface area (Å²) in [6.07, 6.45) is 5.31. The van der Waals surface area contributed by atoms with Gasteiger partial charge in [0.2, 0.25) is 0 Å². The van der Waals surface area contributed by atoms with Crippen LogP contribution in [0.5, 0.6) is 6.01 Å². The molecule has 3 rings (SSSR count). The summed E-state index contributed by atoms with van der Waals surface area (Å²) >= 11 is 0. The third-order valence-electron chi connectivity index (χ3n) is 4.46. The van der Waals surface area contributed by atoms with E-state index in [0.29, 0.717) is 18.0 Å². The maximum absolute atomic E-state index is 12.2. The number of nitrogens with zero attached hydrogens (tertiary/aromatic N) is 1. The number of aryl methyl sites for hydroxylation is 2. The number of benzene rings is 1. The predicted molar refractivity (Wildman–Crippen MR) is 91.2 cm³/mol. The topological polar surface area (TPSA) is 55.0 Å². The summed E-state index contributed by atoms with van der Waals surface area (Å²) in [5.74, 6) is 0. The van der Waals surface area contributed by atoms with Gasteiger partial charge in [-0.15, -0.1) is 0 Å². The minimum atomic E-state index is -0.104. The summed E-state index contributed by atoms with van der Waals surface area (Å²) in [5.41, 5.74) is 4.99. The molecule has 1 aromatic heterocycles. The standard InChI is InChI=1S/C19H24N2O2/c1-12-8-13(2)10-15(9-12)11-17-14(3)18(22)21-19(20-17)23-16-6-4-5-7-16/h8-10,16H,4-7,11H2,1-3H3,(H,20,21,22). The molecule has 2 aromatic rings. The number of aromatic nitrogens is 2. The number of rotatable bonds is 4. The normalized spacial score (nSPS) is 15.1. The molecule has 1 aliphatic carbocycles. The van der Waals surface area contributed by atoms with Crippen LogP contribution in [0.1, 0.15) is 53.6 Å². The molecule has 1 heterocycles. The Morgan fingerprint density at radius 1 is 1.13 bits per heavy atom. The highest BCUT2D eigenvalue weighted by Crippen LogP contribution is 2.22. The highest BCUT2D eigenvalue weighted by molar-refractivity contribution is 5.33. The molecule has 0 amide bonds. The maximum Gasteiger partial charge on any atom is 0.296 e. The van der Waals surface area contributed by atoms with E-state index in [1.165, 1.54) is 29.5 Å². The van der Waals surface area contributed by atoms with Gasteiger partial charge in [0.05, 0.1) is 5.69 Å². The molecular formula is C19H24N2O2. The van der Waals surface area contributed by atoms with Gasteiger partial charge in [0, 0.05) is 12.0 Å². The van der Waals surface area contributed by atoms with Gasteiger partial charge in [-0.1, -0.05) is 29.3 Å². The monoisotopic (exact) mass is 312 g/mol. The molecule has 4 nitrogen and oxygen atoms in total. The minimum absolute atomic E-state index is 0.104. The van der Waals surface area contributed by atoms with Gasteiger partial charge in [-0.3, -0.25) is 9.78 Å². The van der Waals surface area contributed by atoms with E-state index in [-0.39, 0.29) is 11.7 Å². The van der Waals surface area contributed by atoms with Crippen LogP contribution in [-0.2, 0) is 6.42 Å². The Bertz CT molecular complexity index is 738. The first-order chi connectivity index (χ1) is 11.0. The van der Waals surface area contributed by atoms with Crippen molar-refractivity contribution in [2.45, 2.75) is 59.0 Å². The van der Waals surface area contributed by atoms with Crippen LogP contribution in [0, 0.1) is 20.8 Å². The molecular weight excluding hydrogens is 288 g/mol. The van der Waals surface area contributed by atoms with E-state index in [9.17, 15) is 4.79 Å². The van der Waals surface area contributed by atoms with Gasteiger partial charge in [0.25, 0.3) is 11.6 Å². The van der Waals surface area contributed by atoms with Crippen molar-refractivity contribution in [1.29, 1.82) is 0 Å². The minimum Gasteiger partial charge on any atom is -0.461 e. The van der Waals surface area contributed by atoms with Crippen LogP contribution in [0.3, 0.4) is 0 Å². The van der Waals surface area contributed by atoms with Gasteiger partial charge >= 0.3 is 0 Å². The lowest BCUT2D eigenvalue weighted by atomic mass is 10.0. The first kappa shape index (κ1) is 15.8. The quantitative estimate of drug-likeness (QED) is 0.938. The third-order valence-corrected chi connectivity index (χ3v) is 4.46. The maximum atomic E-state index is 12.2. The molecule has 23 heavy (non-hydrogen) atoms. The highest BCUT2D eigenvalue weighted by atomic mass is 16.5. The summed E-state index contributed by atoms with van der Waals surface area (Å²) < 4.78 is 5.87. The van der Waals surface area contributed by atoms with Gasteiger partial charge in [-0.25, -0.2) is 4.98 Å². The van der Waals surface area contributed by atoms with Crippen molar-refractivity contribution in [2.75, 3.05) is 0 Å². The van der Waals surface area contributed by atoms with Crippen LogP contribution in [0.25, 0.3) is 0 Å². The summed E-state index contributed by atoms with van der Waals surface area (Å²) in [5, 5.41) is 0. The van der Waals surface area contributed by atoms with E-state index in [0.717, 1.165) is 18.5 Å². The molecule has 0 atom stereocenters. The largest absolute Gasteiger partial charge is 0.461 e. The Kier molecular flexibility index (Phi) is 4.51. The number of aromatic amines is 1. The van der Waals surface area contributed by atoms with E-state index in [4.69, 9.17) is 4.74 Å². The Morgan fingerprint density at radius 2 is 1.78 bits per heavy atom. The smallest absolute Gasteiger partial charge is 0.296 e. The van der Waals surface area contributed by atoms with Crippen molar-refractivity contribution in [3.63, 3.8) is 0 Å². The van der Waals surface area contributed by atoms with Crippen LogP contribution in [0.2, 0.25) is 0 Å². The molecule has 0 radical (unpaired) electrons. The molecule has 0 bridgehead atoms. The molecule has 1 saturated carbocycles. The summed E-state index contributed by atoms with van der Waals surface area (Å²) in [6, 6.07) is 6.81. The Morgan fingerprint density at radius 3 is 2.43 bits per heavy atom. The van der Waals surface area contributed by atoms with Crippen molar-refractivity contribution >= 4 is 0 Å². The van der Waals surface area contributed by atoms with Crippen LogP contribution in [0.4, 0.5) is 0 Å². The van der Waals surface area contributed by atoms with Crippen molar-refractivity contribution in [3.8, 4) is 6.01 Å². The van der Waals surface area contributed by atoms with Crippen LogP contribution in [0.15, 0.2) is 23.0 Å². The third kappa shape index (κ3) is 3.81. The predicted octanol–water partition coefficient (Wildman–Crippen LogP) is 3.61. The van der Waals surface area contributed by atoms with Crippen molar-refractivity contribution in [1.82, 2.24) is 9.97 Å². The van der Waals surface area contributed by atoms with Gasteiger partial charge in [0.1, 0.15) is 6.10 Å². The molecule has 1 aliphatic rings. The van der Waals surface area contributed by atoms with E-state index >= 15 is 0 Å². The van der Waals surface area contributed by atoms with Crippen molar-refractivity contribution in [3.05, 3.63) is 56.5 Å². The van der Waals surface area contributed by atoms with E-state index in [1.54, 1.807) is 0 Å². The first-order valence-electron chi connectivity index (χ1n) is 8.35. The molecule has 0 unspecified atom stereocenters. The van der Waals surface area contributed by atoms with Gasteiger partial charge in [-0.05, 0) is 52.0 Å². The zero-order valence-electron chi connectivity index (χ0n) is 14.1. The molecule has 1 N–H and O–H groups in total. The fourth-order valence-corrected chi connectivity index (χ4v) is 3.31. The average Bonchev–Trinajstić information content (AvgIpc) is 2.96. The molecule has 122 valence electrons. The SMILES string of the molecule is Cc1cc(C)cc(Cc2nc(OC3CCCC3)[nH]c(=O)c2C)c1.